The molecule has 3 aromatic rings. The van der Waals surface area contributed by atoms with Gasteiger partial charge in [0.15, 0.2) is 0 Å². The third-order valence-electron chi connectivity index (χ3n) is 4.30. The first-order chi connectivity index (χ1) is 10.7. The Labute approximate surface area is 134 Å². The highest BCUT2D eigenvalue weighted by Crippen LogP contribution is 2.34. The molecule has 0 unspecified atom stereocenters. The second kappa shape index (κ2) is 6.46. The fourth-order valence-electron chi connectivity index (χ4n) is 2.77. The van der Waals surface area contributed by atoms with E-state index >= 15 is 0 Å². The zero-order chi connectivity index (χ0) is 15.5. The van der Waals surface area contributed by atoms with Gasteiger partial charge < -0.3 is 0 Å². The molecule has 1 heteroatoms. The van der Waals surface area contributed by atoms with E-state index in [-0.39, 0.29) is 0 Å². The Bertz CT molecular complexity index is 721. The van der Waals surface area contributed by atoms with E-state index in [0.717, 1.165) is 0 Å². The Kier molecular flexibility index (Phi) is 4.41. The van der Waals surface area contributed by atoms with Crippen molar-refractivity contribution in [1.29, 1.82) is 0 Å². The zero-order valence-corrected chi connectivity index (χ0v) is 14.3. The monoisotopic (exact) mass is 304 g/mol. The second-order valence-electron chi connectivity index (χ2n) is 5.66. The van der Waals surface area contributed by atoms with Crippen molar-refractivity contribution in [3.8, 4) is 0 Å². The number of hydrogen-bond donors (Lipinski definition) is 0. The minimum absolute atomic E-state index is 0.495. The van der Waals surface area contributed by atoms with Crippen LogP contribution in [-0.4, -0.2) is 0 Å². The Morgan fingerprint density at radius 2 is 1.05 bits per heavy atom. The Balaban J connectivity index is 2.21. The molecule has 0 aliphatic carbocycles. The summed E-state index contributed by atoms with van der Waals surface area (Å²) in [4.78, 5) is 0. The molecule has 0 bridgehead atoms. The molecule has 110 valence electrons. The van der Waals surface area contributed by atoms with Crippen LogP contribution in [0.1, 0.15) is 16.7 Å². The van der Waals surface area contributed by atoms with Gasteiger partial charge in [-0.05, 0) is 61.3 Å². The first-order valence-corrected chi connectivity index (χ1v) is 8.99. The van der Waals surface area contributed by atoms with Crippen LogP contribution in [-0.2, 0) is 0 Å². The summed E-state index contributed by atoms with van der Waals surface area (Å²) in [7, 11) is -0.495. The van der Waals surface area contributed by atoms with Crippen LogP contribution < -0.4 is 15.9 Å². The lowest BCUT2D eigenvalue weighted by Crippen LogP contribution is -2.23. The van der Waals surface area contributed by atoms with Crippen molar-refractivity contribution in [3.05, 3.63) is 89.5 Å². The summed E-state index contributed by atoms with van der Waals surface area (Å²) < 4.78 is 0. The largest absolute Gasteiger partial charge is 0.0622 e. The molecule has 0 spiro atoms. The predicted octanol–water partition coefficient (Wildman–Crippen LogP) is 4.37. The number of hydrogen-bond acceptors (Lipinski definition) is 0. The van der Waals surface area contributed by atoms with Gasteiger partial charge in [-0.3, -0.25) is 0 Å². The number of benzene rings is 3. The number of rotatable bonds is 3. The molecule has 3 aromatic carbocycles. The average molecular weight is 304 g/mol. The molecule has 0 radical (unpaired) electrons. The van der Waals surface area contributed by atoms with E-state index < -0.39 is 7.92 Å². The fraction of sp³-hybridized carbons (Fsp3) is 0.143. The molecule has 0 heterocycles. The lowest BCUT2D eigenvalue weighted by Gasteiger charge is -2.23. The van der Waals surface area contributed by atoms with Crippen molar-refractivity contribution in [2.75, 3.05) is 0 Å². The Morgan fingerprint density at radius 1 is 0.545 bits per heavy atom. The van der Waals surface area contributed by atoms with Crippen LogP contribution in [0.4, 0.5) is 0 Å². The maximum Gasteiger partial charge on any atom is -0.0119 e. The van der Waals surface area contributed by atoms with Crippen LogP contribution >= 0.6 is 7.92 Å². The van der Waals surface area contributed by atoms with Gasteiger partial charge in [0.1, 0.15) is 0 Å². The first kappa shape index (κ1) is 15.0. The van der Waals surface area contributed by atoms with E-state index in [1.165, 1.54) is 32.6 Å². The van der Waals surface area contributed by atoms with E-state index in [1.54, 1.807) is 0 Å². The van der Waals surface area contributed by atoms with E-state index in [9.17, 15) is 0 Å². The highest BCUT2D eigenvalue weighted by atomic mass is 31.1. The van der Waals surface area contributed by atoms with Gasteiger partial charge in [0.2, 0.25) is 0 Å². The molecule has 0 atom stereocenters. The third kappa shape index (κ3) is 2.85. The van der Waals surface area contributed by atoms with Gasteiger partial charge in [0.25, 0.3) is 0 Å². The molecule has 0 saturated carbocycles. The van der Waals surface area contributed by atoms with Crippen molar-refractivity contribution >= 4 is 23.8 Å². The van der Waals surface area contributed by atoms with Crippen molar-refractivity contribution in [3.63, 3.8) is 0 Å². The quantitative estimate of drug-likeness (QED) is 0.630. The van der Waals surface area contributed by atoms with Gasteiger partial charge in [0.05, 0.1) is 0 Å². The summed E-state index contributed by atoms with van der Waals surface area (Å²) in [6.07, 6.45) is 0. The molecule has 0 fully saturated rings. The third-order valence-corrected chi connectivity index (χ3v) is 6.89. The first-order valence-electron chi connectivity index (χ1n) is 7.65. The van der Waals surface area contributed by atoms with Gasteiger partial charge in [-0.1, -0.05) is 72.8 Å². The molecule has 0 aromatic heterocycles. The Hall–Kier alpha value is -1.91. The van der Waals surface area contributed by atoms with Crippen LogP contribution in [0.15, 0.2) is 72.8 Å². The van der Waals surface area contributed by atoms with Crippen molar-refractivity contribution in [2.24, 2.45) is 0 Å². The summed E-state index contributed by atoms with van der Waals surface area (Å²) in [6.45, 7) is 6.69. The van der Waals surface area contributed by atoms with E-state index in [4.69, 9.17) is 0 Å². The van der Waals surface area contributed by atoms with Crippen molar-refractivity contribution < 1.29 is 0 Å². The van der Waals surface area contributed by atoms with Crippen LogP contribution in [0.25, 0.3) is 0 Å². The van der Waals surface area contributed by atoms with E-state index in [2.05, 4.69) is 93.6 Å². The molecule has 3 rings (SSSR count). The molecular weight excluding hydrogens is 283 g/mol. The van der Waals surface area contributed by atoms with Gasteiger partial charge in [-0.2, -0.15) is 0 Å². The molecule has 22 heavy (non-hydrogen) atoms. The van der Waals surface area contributed by atoms with E-state index in [0.29, 0.717) is 0 Å². The normalized spacial score (nSPS) is 10.9. The van der Waals surface area contributed by atoms with Crippen LogP contribution in [0.3, 0.4) is 0 Å². The van der Waals surface area contributed by atoms with Crippen molar-refractivity contribution in [1.82, 2.24) is 0 Å². The van der Waals surface area contributed by atoms with Crippen molar-refractivity contribution in [2.45, 2.75) is 20.8 Å². The molecule has 0 nitrogen and oxygen atoms in total. The van der Waals surface area contributed by atoms with Gasteiger partial charge in [-0.25, -0.2) is 0 Å². The average Bonchev–Trinajstić information content (AvgIpc) is 2.57. The molecule has 0 aliphatic heterocycles. The fourth-order valence-corrected chi connectivity index (χ4v) is 5.29. The van der Waals surface area contributed by atoms with E-state index in [1.807, 2.05) is 0 Å². The lowest BCUT2D eigenvalue weighted by molar-refractivity contribution is 1.29. The minimum Gasteiger partial charge on any atom is -0.0622 e. The summed E-state index contributed by atoms with van der Waals surface area (Å²) >= 11 is 0. The SMILES string of the molecule is Cc1ccc(P(c2ccccc2)c2ccccc2)c(C)c1C. The number of aryl methyl sites for hydroxylation is 1. The van der Waals surface area contributed by atoms with Gasteiger partial charge in [-0.15, -0.1) is 0 Å². The smallest absolute Gasteiger partial charge is 0.0119 e. The zero-order valence-electron chi connectivity index (χ0n) is 13.4. The maximum absolute atomic E-state index is 2.32. The van der Waals surface area contributed by atoms with Gasteiger partial charge in [0, 0.05) is 0 Å². The summed E-state index contributed by atoms with van der Waals surface area (Å²) in [5.41, 5.74) is 4.22. The molecular formula is C21H21P. The van der Waals surface area contributed by atoms with Gasteiger partial charge >= 0.3 is 0 Å². The van der Waals surface area contributed by atoms with Crippen LogP contribution in [0.5, 0.6) is 0 Å². The Morgan fingerprint density at radius 3 is 1.55 bits per heavy atom. The predicted molar refractivity (Wildman–Crippen MR) is 99.4 cm³/mol. The molecule has 0 amide bonds. The standard InChI is InChI=1S/C21H21P/c1-16-14-15-21(18(3)17(16)2)22(19-10-6-4-7-11-19)20-12-8-5-9-13-20/h4-15H,1-3H3. The van der Waals surface area contributed by atoms with Crippen LogP contribution in [0.2, 0.25) is 0 Å². The molecule has 0 aliphatic rings. The lowest BCUT2D eigenvalue weighted by atomic mass is 10.1. The molecule has 0 saturated heterocycles. The minimum atomic E-state index is -0.495. The maximum atomic E-state index is 2.32. The summed E-state index contributed by atoms with van der Waals surface area (Å²) in [5, 5.41) is 4.29. The highest BCUT2D eigenvalue weighted by Gasteiger charge is 2.19. The summed E-state index contributed by atoms with van der Waals surface area (Å²) in [6, 6.07) is 26.4. The molecule has 0 N–H and O–H groups in total. The highest BCUT2D eigenvalue weighted by molar-refractivity contribution is 7.79. The second-order valence-corrected chi connectivity index (χ2v) is 7.84. The summed E-state index contributed by atoms with van der Waals surface area (Å²) in [5.74, 6) is 0. The van der Waals surface area contributed by atoms with Crippen LogP contribution in [0, 0.1) is 20.8 Å². The topological polar surface area (TPSA) is 0 Å².